The Bertz CT molecular complexity index is 1090. The van der Waals surface area contributed by atoms with Crippen molar-refractivity contribution in [2.24, 2.45) is 0 Å². The first-order valence-corrected chi connectivity index (χ1v) is 10.2. The van der Waals surface area contributed by atoms with Crippen molar-refractivity contribution in [2.45, 2.75) is 13.5 Å². The first-order valence-electron chi connectivity index (χ1n) is 9.41. The van der Waals surface area contributed by atoms with Crippen molar-refractivity contribution < 1.29 is 19.0 Å². The maximum absolute atomic E-state index is 12.1. The Hall–Kier alpha value is -3.33. The Morgan fingerprint density at radius 3 is 2.65 bits per heavy atom. The standard InChI is InChI=1S/C22H23BrN4O4/c1-13-9-15(10-18(29-3)19(13)30-4)26-22-25-11-17(23)21(27-22)31-12-14-7-5-6-8-16(14)20(28)24-2/h5-11H,12H2,1-4H3,(H,24,28)(H,25,26,27). The number of anilines is 2. The number of benzene rings is 2. The fourth-order valence-electron chi connectivity index (χ4n) is 3.02. The molecule has 0 saturated carbocycles. The second-order valence-electron chi connectivity index (χ2n) is 6.53. The van der Waals surface area contributed by atoms with Crippen LogP contribution in [0.1, 0.15) is 21.5 Å². The molecule has 1 heterocycles. The topological polar surface area (TPSA) is 94.6 Å². The zero-order valence-electron chi connectivity index (χ0n) is 17.7. The average molecular weight is 487 g/mol. The minimum Gasteiger partial charge on any atom is -0.493 e. The molecule has 1 aromatic heterocycles. The normalized spacial score (nSPS) is 10.4. The lowest BCUT2D eigenvalue weighted by Crippen LogP contribution is -2.20. The molecular weight excluding hydrogens is 464 g/mol. The quantitative estimate of drug-likeness (QED) is 0.491. The van der Waals surface area contributed by atoms with Crippen LogP contribution in [-0.4, -0.2) is 37.1 Å². The van der Waals surface area contributed by atoms with Crippen molar-refractivity contribution in [3.05, 3.63) is 63.8 Å². The van der Waals surface area contributed by atoms with Crippen LogP contribution in [0.15, 0.2) is 47.1 Å². The molecule has 9 heteroatoms. The maximum atomic E-state index is 12.1. The van der Waals surface area contributed by atoms with Gasteiger partial charge in [-0.05, 0) is 40.5 Å². The Balaban J connectivity index is 1.81. The van der Waals surface area contributed by atoms with E-state index in [0.717, 1.165) is 16.8 Å². The van der Waals surface area contributed by atoms with Gasteiger partial charge in [0.1, 0.15) is 6.61 Å². The zero-order valence-corrected chi connectivity index (χ0v) is 19.2. The molecular formula is C22H23BrN4O4. The second-order valence-corrected chi connectivity index (χ2v) is 7.38. The predicted octanol–water partition coefficient (Wildman–Crippen LogP) is 4.25. The highest BCUT2D eigenvalue weighted by molar-refractivity contribution is 9.10. The van der Waals surface area contributed by atoms with Gasteiger partial charge in [-0.2, -0.15) is 4.98 Å². The third-order valence-electron chi connectivity index (χ3n) is 4.49. The number of aromatic nitrogens is 2. The van der Waals surface area contributed by atoms with Crippen molar-refractivity contribution in [3.8, 4) is 17.4 Å². The van der Waals surface area contributed by atoms with Crippen LogP contribution in [0.25, 0.3) is 0 Å². The van der Waals surface area contributed by atoms with E-state index in [-0.39, 0.29) is 12.5 Å². The van der Waals surface area contributed by atoms with Gasteiger partial charge in [0.2, 0.25) is 11.8 Å². The number of ether oxygens (including phenoxy) is 3. The zero-order chi connectivity index (χ0) is 22.4. The summed E-state index contributed by atoms with van der Waals surface area (Å²) in [6.45, 7) is 2.10. The van der Waals surface area contributed by atoms with E-state index in [1.807, 2.05) is 31.2 Å². The van der Waals surface area contributed by atoms with Crippen molar-refractivity contribution in [2.75, 3.05) is 26.6 Å². The number of hydrogen-bond donors (Lipinski definition) is 2. The third-order valence-corrected chi connectivity index (χ3v) is 5.03. The fraction of sp³-hybridized carbons (Fsp3) is 0.227. The number of hydrogen-bond acceptors (Lipinski definition) is 7. The number of carbonyl (C=O) groups excluding carboxylic acids is 1. The van der Waals surface area contributed by atoms with E-state index in [1.165, 1.54) is 0 Å². The van der Waals surface area contributed by atoms with Crippen molar-refractivity contribution in [1.82, 2.24) is 15.3 Å². The van der Waals surface area contributed by atoms with Crippen molar-refractivity contribution in [3.63, 3.8) is 0 Å². The summed E-state index contributed by atoms with van der Waals surface area (Å²) in [6, 6.07) is 11.0. The first-order chi connectivity index (χ1) is 15.0. The fourth-order valence-corrected chi connectivity index (χ4v) is 3.32. The van der Waals surface area contributed by atoms with Crippen LogP contribution in [-0.2, 0) is 6.61 Å². The summed E-state index contributed by atoms with van der Waals surface area (Å²) in [7, 11) is 4.77. The second kappa shape index (κ2) is 10.1. The summed E-state index contributed by atoms with van der Waals surface area (Å²) in [4.78, 5) is 20.8. The Morgan fingerprint density at radius 1 is 1.16 bits per heavy atom. The number of nitrogens with zero attached hydrogens (tertiary/aromatic N) is 2. The summed E-state index contributed by atoms with van der Waals surface area (Å²) < 4.78 is 17.2. The lowest BCUT2D eigenvalue weighted by Gasteiger charge is -2.14. The molecule has 8 nitrogen and oxygen atoms in total. The molecule has 2 aromatic carbocycles. The van der Waals surface area contributed by atoms with Crippen LogP contribution in [0.2, 0.25) is 0 Å². The minimum absolute atomic E-state index is 0.174. The molecule has 0 aliphatic heterocycles. The number of amides is 1. The van der Waals surface area contributed by atoms with E-state index in [0.29, 0.717) is 33.4 Å². The van der Waals surface area contributed by atoms with Gasteiger partial charge >= 0.3 is 0 Å². The SMILES string of the molecule is CNC(=O)c1ccccc1COc1nc(Nc2cc(C)c(OC)c(OC)c2)ncc1Br. The molecule has 0 unspecified atom stereocenters. The summed E-state index contributed by atoms with van der Waals surface area (Å²) in [5.41, 5.74) is 2.95. The first kappa shape index (κ1) is 22.4. The van der Waals surface area contributed by atoms with Crippen LogP contribution < -0.4 is 24.8 Å². The van der Waals surface area contributed by atoms with Gasteiger partial charge in [0, 0.05) is 29.9 Å². The summed E-state index contributed by atoms with van der Waals surface area (Å²) in [6.07, 6.45) is 1.60. The highest BCUT2D eigenvalue weighted by Gasteiger charge is 2.14. The van der Waals surface area contributed by atoms with E-state index in [9.17, 15) is 4.79 Å². The number of methoxy groups -OCH3 is 2. The predicted molar refractivity (Wildman–Crippen MR) is 121 cm³/mol. The number of carbonyl (C=O) groups is 1. The lowest BCUT2D eigenvalue weighted by atomic mass is 10.1. The number of nitrogens with one attached hydrogen (secondary N) is 2. The van der Waals surface area contributed by atoms with Crippen LogP contribution in [0.4, 0.5) is 11.6 Å². The van der Waals surface area contributed by atoms with Crippen LogP contribution in [0.3, 0.4) is 0 Å². The minimum atomic E-state index is -0.174. The average Bonchev–Trinajstić information content (AvgIpc) is 2.78. The molecule has 1 amide bonds. The molecule has 0 aliphatic carbocycles. The van der Waals surface area contributed by atoms with E-state index >= 15 is 0 Å². The molecule has 0 saturated heterocycles. The van der Waals surface area contributed by atoms with Gasteiger partial charge in [-0.1, -0.05) is 18.2 Å². The van der Waals surface area contributed by atoms with Crippen LogP contribution >= 0.6 is 15.9 Å². The molecule has 0 bridgehead atoms. The third kappa shape index (κ3) is 5.24. The molecule has 0 aliphatic rings. The van der Waals surface area contributed by atoms with Crippen LogP contribution in [0.5, 0.6) is 17.4 Å². The summed E-state index contributed by atoms with van der Waals surface area (Å²) in [5.74, 6) is 1.80. The largest absolute Gasteiger partial charge is 0.493 e. The Labute approximate surface area is 189 Å². The lowest BCUT2D eigenvalue weighted by molar-refractivity contribution is 0.0960. The number of halogens is 1. The Morgan fingerprint density at radius 2 is 1.94 bits per heavy atom. The molecule has 3 rings (SSSR count). The monoisotopic (exact) mass is 486 g/mol. The molecule has 162 valence electrons. The van der Waals surface area contributed by atoms with Gasteiger partial charge in [-0.3, -0.25) is 4.79 Å². The molecule has 31 heavy (non-hydrogen) atoms. The molecule has 0 spiro atoms. The highest BCUT2D eigenvalue weighted by Crippen LogP contribution is 2.35. The number of rotatable bonds is 8. The van der Waals surface area contributed by atoms with E-state index in [1.54, 1.807) is 39.6 Å². The molecule has 2 N–H and O–H groups in total. The van der Waals surface area contributed by atoms with Gasteiger partial charge in [0.15, 0.2) is 11.5 Å². The van der Waals surface area contributed by atoms with E-state index in [2.05, 4.69) is 36.5 Å². The Kier molecular flexibility index (Phi) is 7.30. The van der Waals surface area contributed by atoms with Gasteiger partial charge in [-0.25, -0.2) is 4.98 Å². The van der Waals surface area contributed by atoms with E-state index < -0.39 is 0 Å². The van der Waals surface area contributed by atoms with Crippen molar-refractivity contribution in [1.29, 1.82) is 0 Å². The van der Waals surface area contributed by atoms with Gasteiger partial charge in [0.25, 0.3) is 5.91 Å². The smallest absolute Gasteiger partial charge is 0.251 e. The highest BCUT2D eigenvalue weighted by atomic mass is 79.9. The van der Waals surface area contributed by atoms with Gasteiger partial charge < -0.3 is 24.8 Å². The molecule has 3 aromatic rings. The molecule has 0 radical (unpaired) electrons. The van der Waals surface area contributed by atoms with Crippen LogP contribution in [0, 0.1) is 6.92 Å². The van der Waals surface area contributed by atoms with Crippen molar-refractivity contribution >= 4 is 33.5 Å². The van der Waals surface area contributed by atoms with E-state index in [4.69, 9.17) is 14.2 Å². The van der Waals surface area contributed by atoms with Gasteiger partial charge in [-0.15, -0.1) is 0 Å². The maximum Gasteiger partial charge on any atom is 0.251 e. The number of aryl methyl sites for hydroxylation is 1. The summed E-state index contributed by atoms with van der Waals surface area (Å²) in [5, 5.41) is 5.78. The summed E-state index contributed by atoms with van der Waals surface area (Å²) >= 11 is 3.41. The molecule has 0 fully saturated rings. The van der Waals surface area contributed by atoms with Gasteiger partial charge in [0.05, 0.1) is 24.9 Å². The molecule has 0 atom stereocenters.